The third kappa shape index (κ3) is 3.12. The van der Waals surface area contributed by atoms with Crippen LogP contribution in [0.3, 0.4) is 0 Å². The Balaban J connectivity index is 3.03. The van der Waals surface area contributed by atoms with Gasteiger partial charge in [-0.3, -0.25) is 9.59 Å². The van der Waals surface area contributed by atoms with Crippen molar-refractivity contribution < 1.29 is 9.53 Å². The van der Waals surface area contributed by atoms with Gasteiger partial charge in [-0.2, -0.15) is 0 Å². The van der Waals surface area contributed by atoms with Gasteiger partial charge in [0, 0.05) is 18.7 Å². The zero-order chi connectivity index (χ0) is 12.1. The van der Waals surface area contributed by atoms with Gasteiger partial charge in [-0.25, -0.2) is 0 Å². The van der Waals surface area contributed by atoms with Gasteiger partial charge in [0.1, 0.15) is 0 Å². The van der Waals surface area contributed by atoms with Crippen molar-refractivity contribution >= 4 is 5.91 Å². The standard InChI is InChI=1S/C11H16N2O3/c1-4-16-11-9(6-12-8(3)14)10(15)5-7(2)13-11/h5H,4,6H2,1-3H3,(H,12,14)(H,13,15). The molecule has 0 aliphatic heterocycles. The molecule has 1 rings (SSSR count). The van der Waals surface area contributed by atoms with Gasteiger partial charge >= 0.3 is 0 Å². The Kier molecular flexibility index (Phi) is 4.10. The first-order valence-corrected chi connectivity index (χ1v) is 5.14. The van der Waals surface area contributed by atoms with Crippen LogP contribution >= 0.6 is 0 Å². The molecular weight excluding hydrogens is 208 g/mol. The molecule has 1 aromatic heterocycles. The van der Waals surface area contributed by atoms with E-state index in [1.165, 1.54) is 13.0 Å². The SMILES string of the molecule is CCOc1[nH]c(C)cc(=O)c1CNC(C)=O. The van der Waals surface area contributed by atoms with E-state index in [0.29, 0.717) is 18.1 Å². The maximum atomic E-state index is 11.7. The second kappa shape index (κ2) is 5.34. The predicted octanol–water partition coefficient (Wildman–Crippen LogP) is 0.718. The third-order valence-corrected chi connectivity index (χ3v) is 2.03. The maximum Gasteiger partial charge on any atom is 0.217 e. The van der Waals surface area contributed by atoms with E-state index in [4.69, 9.17) is 4.74 Å². The molecule has 1 heterocycles. The number of nitrogens with one attached hydrogen (secondary N) is 2. The van der Waals surface area contributed by atoms with Gasteiger partial charge in [-0.1, -0.05) is 0 Å². The molecule has 0 spiro atoms. The molecule has 0 radical (unpaired) electrons. The van der Waals surface area contributed by atoms with Crippen LogP contribution in [0.2, 0.25) is 0 Å². The average molecular weight is 224 g/mol. The number of rotatable bonds is 4. The normalized spacial score (nSPS) is 9.94. The molecule has 5 nitrogen and oxygen atoms in total. The lowest BCUT2D eigenvalue weighted by Crippen LogP contribution is -2.24. The Morgan fingerprint density at radius 3 is 2.81 bits per heavy atom. The molecule has 0 aliphatic rings. The van der Waals surface area contributed by atoms with Gasteiger partial charge in [0.2, 0.25) is 5.91 Å². The molecule has 0 unspecified atom stereocenters. The van der Waals surface area contributed by atoms with E-state index in [-0.39, 0.29) is 17.9 Å². The molecule has 16 heavy (non-hydrogen) atoms. The van der Waals surface area contributed by atoms with Crippen molar-refractivity contribution in [3.05, 3.63) is 27.5 Å². The minimum Gasteiger partial charge on any atom is -0.479 e. The van der Waals surface area contributed by atoms with Crippen LogP contribution in [0.5, 0.6) is 5.88 Å². The topological polar surface area (TPSA) is 71.2 Å². The molecule has 1 aromatic rings. The molecular formula is C11H16N2O3. The number of pyridine rings is 1. The number of aromatic amines is 1. The fraction of sp³-hybridized carbons (Fsp3) is 0.455. The van der Waals surface area contributed by atoms with Gasteiger partial charge in [0.05, 0.1) is 18.7 Å². The van der Waals surface area contributed by atoms with Crippen molar-refractivity contribution in [1.29, 1.82) is 0 Å². The van der Waals surface area contributed by atoms with Crippen LogP contribution in [-0.2, 0) is 11.3 Å². The Hall–Kier alpha value is -1.78. The fourth-order valence-corrected chi connectivity index (χ4v) is 1.33. The summed E-state index contributed by atoms with van der Waals surface area (Å²) in [5, 5.41) is 2.58. The number of hydrogen-bond acceptors (Lipinski definition) is 3. The van der Waals surface area contributed by atoms with E-state index in [1.54, 1.807) is 6.92 Å². The highest BCUT2D eigenvalue weighted by Gasteiger charge is 2.09. The number of carbonyl (C=O) groups excluding carboxylic acids is 1. The van der Waals surface area contributed by atoms with Crippen LogP contribution in [0.1, 0.15) is 25.1 Å². The second-order valence-corrected chi connectivity index (χ2v) is 3.47. The Labute approximate surface area is 93.8 Å². The Bertz CT molecular complexity index is 437. The van der Waals surface area contributed by atoms with Gasteiger partial charge < -0.3 is 15.0 Å². The number of H-pyrrole nitrogens is 1. The molecule has 5 heteroatoms. The van der Waals surface area contributed by atoms with Crippen LogP contribution in [0.4, 0.5) is 0 Å². The molecule has 1 amide bonds. The zero-order valence-corrected chi connectivity index (χ0v) is 9.72. The molecule has 0 atom stereocenters. The second-order valence-electron chi connectivity index (χ2n) is 3.47. The summed E-state index contributed by atoms with van der Waals surface area (Å²) < 4.78 is 5.32. The molecule has 0 fully saturated rings. The molecule has 88 valence electrons. The first-order valence-electron chi connectivity index (χ1n) is 5.14. The van der Waals surface area contributed by atoms with Gasteiger partial charge in [0.15, 0.2) is 11.3 Å². The van der Waals surface area contributed by atoms with Gasteiger partial charge in [-0.05, 0) is 13.8 Å². The minimum absolute atomic E-state index is 0.131. The summed E-state index contributed by atoms with van der Waals surface area (Å²) in [4.78, 5) is 25.5. The molecule has 2 N–H and O–H groups in total. The molecule has 0 bridgehead atoms. The molecule has 0 aliphatic carbocycles. The van der Waals surface area contributed by atoms with E-state index in [1.807, 2.05) is 6.92 Å². The lowest BCUT2D eigenvalue weighted by atomic mass is 10.2. The van der Waals surface area contributed by atoms with E-state index in [0.717, 1.165) is 5.69 Å². The minimum atomic E-state index is -0.178. The summed E-state index contributed by atoms with van der Waals surface area (Å²) in [5.41, 5.74) is 1.05. The number of ether oxygens (including phenoxy) is 1. The zero-order valence-electron chi connectivity index (χ0n) is 9.72. The molecule has 0 saturated heterocycles. The number of amides is 1. The highest BCUT2D eigenvalue weighted by Crippen LogP contribution is 2.11. The maximum absolute atomic E-state index is 11.7. The van der Waals surface area contributed by atoms with Crippen molar-refractivity contribution in [1.82, 2.24) is 10.3 Å². The van der Waals surface area contributed by atoms with Crippen molar-refractivity contribution in [3.8, 4) is 5.88 Å². The Morgan fingerprint density at radius 1 is 1.56 bits per heavy atom. The smallest absolute Gasteiger partial charge is 0.217 e. The van der Waals surface area contributed by atoms with Crippen LogP contribution in [0, 0.1) is 6.92 Å². The monoisotopic (exact) mass is 224 g/mol. The van der Waals surface area contributed by atoms with Crippen LogP contribution in [0.15, 0.2) is 10.9 Å². The Morgan fingerprint density at radius 2 is 2.25 bits per heavy atom. The first-order chi connectivity index (χ1) is 7.54. The highest BCUT2D eigenvalue weighted by atomic mass is 16.5. The van der Waals surface area contributed by atoms with Crippen molar-refractivity contribution in [3.63, 3.8) is 0 Å². The summed E-state index contributed by atoms with van der Waals surface area (Å²) in [6.45, 7) is 5.67. The number of aromatic nitrogens is 1. The summed E-state index contributed by atoms with van der Waals surface area (Å²) in [5.74, 6) is 0.253. The van der Waals surface area contributed by atoms with E-state index >= 15 is 0 Å². The van der Waals surface area contributed by atoms with Gasteiger partial charge in [0.25, 0.3) is 0 Å². The number of hydrogen-bond donors (Lipinski definition) is 2. The fourth-order valence-electron chi connectivity index (χ4n) is 1.33. The number of carbonyl (C=O) groups is 1. The predicted molar refractivity (Wildman–Crippen MR) is 60.5 cm³/mol. The quantitative estimate of drug-likeness (QED) is 0.791. The van der Waals surface area contributed by atoms with Crippen LogP contribution < -0.4 is 15.5 Å². The van der Waals surface area contributed by atoms with Crippen LogP contribution in [0.25, 0.3) is 0 Å². The van der Waals surface area contributed by atoms with Crippen molar-refractivity contribution in [2.24, 2.45) is 0 Å². The average Bonchev–Trinajstić information content (AvgIpc) is 2.16. The summed E-state index contributed by atoms with van der Waals surface area (Å²) in [6.07, 6.45) is 0. The third-order valence-electron chi connectivity index (χ3n) is 2.03. The number of aryl methyl sites for hydroxylation is 1. The van der Waals surface area contributed by atoms with Crippen LogP contribution in [-0.4, -0.2) is 17.5 Å². The molecule has 0 aromatic carbocycles. The summed E-state index contributed by atoms with van der Waals surface area (Å²) in [6, 6.07) is 1.49. The highest BCUT2D eigenvalue weighted by molar-refractivity contribution is 5.72. The van der Waals surface area contributed by atoms with E-state index in [9.17, 15) is 9.59 Å². The lowest BCUT2D eigenvalue weighted by molar-refractivity contribution is -0.119. The lowest BCUT2D eigenvalue weighted by Gasteiger charge is -2.10. The summed E-state index contributed by atoms with van der Waals surface area (Å²) >= 11 is 0. The van der Waals surface area contributed by atoms with Crippen molar-refractivity contribution in [2.75, 3.05) is 6.61 Å². The van der Waals surface area contributed by atoms with Gasteiger partial charge in [-0.15, -0.1) is 0 Å². The van der Waals surface area contributed by atoms with Crippen molar-refractivity contribution in [2.45, 2.75) is 27.3 Å². The first kappa shape index (κ1) is 12.3. The largest absolute Gasteiger partial charge is 0.479 e. The van der Waals surface area contributed by atoms with E-state index < -0.39 is 0 Å². The summed E-state index contributed by atoms with van der Waals surface area (Å²) in [7, 11) is 0. The molecule has 0 saturated carbocycles. The van der Waals surface area contributed by atoms with E-state index in [2.05, 4.69) is 10.3 Å².